The number of nitro groups is 2. The molecular formula is C33H44FN7O8. The van der Waals surface area contributed by atoms with Gasteiger partial charge in [-0.2, -0.15) is 4.39 Å². The largest absolute Gasteiger partial charge is 0.483 e. The molecular weight excluding hydrogens is 641 g/mol. The van der Waals surface area contributed by atoms with E-state index in [1.165, 1.54) is 30.7 Å². The fourth-order valence-electron chi connectivity index (χ4n) is 3.60. The molecule has 0 aliphatic heterocycles. The molecule has 0 bridgehead atoms. The third-order valence-electron chi connectivity index (χ3n) is 5.83. The normalized spacial score (nSPS) is 8.92. The Morgan fingerprint density at radius 2 is 1.18 bits per heavy atom. The maximum atomic E-state index is 12.7. The van der Waals surface area contributed by atoms with Crippen LogP contribution in [0.1, 0.15) is 29.2 Å². The highest BCUT2D eigenvalue weighted by molar-refractivity contribution is 5.77. The van der Waals surface area contributed by atoms with Gasteiger partial charge in [-0.3, -0.25) is 25.0 Å². The Hall–Kier alpha value is -6.13. The standard InChI is InChI=1S/C8H8N2.C7H6FNO2.C7H8N2O2.C7H10N2.C2H6O.CH2O2.CH4O/c1-6-3-2-4-7-8(6)10-5-9-7;2*1-5-3-2-4-6(8)7(5)9(10)11;1-5-3-2-4-6(8)7(5)9;1-2-3;2-1-3;1-2/h2-5H,1H3,(H,9,10);2-4H,1H3;2-4H,8H2,1H3;2-4H,8-9H2,1H3;3H,2H2,1H3;1H,(H,2,3);2H,1H3. The van der Waals surface area contributed by atoms with Gasteiger partial charge in [0.05, 0.1) is 38.6 Å². The molecule has 4 aromatic carbocycles. The van der Waals surface area contributed by atoms with Gasteiger partial charge >= 0.3 is 5.69 Å². The highest BCUT2D eigenvalue weighted by atomic mass is 19.1. The summed E-state index contributed by atoms with van der Waals surface area (Å²) in [5.74, 6) is -0.782. The number of hydrogen-bond acceptors (Lipinski definition) is 11. The van der Waals surface area contributed by atoms with Crippen molar-refractivity contribution in [3.8, 4) is 0 Å². The van der Waals surface area contributed by atoms with Crippen molar-refractivity contribution in [1.82, 2.24) is 9.97 Å². The summed E-state index contributed by atoms with van der Waals surface area (Å²) in [6.45, 7) is 8.84. The number of aliphatic hydroxyl groups excluding tert-OH is 2. The predicted molar refractivity (Wildman–Crippen MR) is 190 cm³/mol. The van der Waals surface area contributed by atoms with Crippen LogP contribution in [-0.2, 0) is 4.79 Å². The number of nitrogen functional groups attached to an aromatic ring is 3. The Morgan fingerprint density at radius 3 is 1.55 bits per heavy atom. The number of halogens is 1. The smallest absolute Gasteiger partial charge is 0.307 e. The van der Waals surface area contributed by atoms with E-state index in [9.17, 15) is 24.6 Å². The first-order valence-electron chi connectivity index (χ1n) is 14.2. The first-order valence-corrected chi connectivity index (χ1v) is 14.2. The second kappa shape index (κ2) is 25.0. The van der Waals surface area contributed by atoms with Crippen LogP contribution in [-0.4, -0.2) is 55.3 Å². The van der Waals surface area contributed by atoms with Crippen molar-refractivity contribution in [3.63, 3.8) is 0 Å². The average Bonchev–Trinajstić information content (AvgIpc) is 3.53. The van der Waals surface area contributed by atoms with Crippen molar-refractivity contribution in [2.24, 2.45) is 0 Å². The molecule has 0 atom stereocenters. The average molecular weight is 686 g/mol. The van der Waals surface area contributed by atoms with Gasteiger partial charge in [-0.25, -0.2) is 4.98 Å². The number of hydrogen-bond donors (Lipinski definition) is 7. The number of carboxylic acid groups (broad SMARTS) is 1. The SMILES string of the molecule is CCO.CO.Cc1cccc(F)c1[N+](=O)[O-].Cc1cccc(N)c1N.Cc1cccc(N)c1[N+](=O)[O-].Cc1cccc2[nH]cnc12.O=CO. The molecule has 1 heterocycles. The molecule has 0 aliphatic rings. The Bertz CT molecular complexity index is 1610. The van der Waals surface area contributed by atoms with Gasteiger partial charge in [0.1, 0.15) is 5.69 Å². The Labute approximate surface area is 283 Å². The number of nitrogens with two attached hydrogens (primary N) is 3. The van der Waals surface area contributed by atoms with Crippen molar-refractivity contribution in [2.75, 3.05) is 30.9 Å². The molecule has 10 N–H and O–H groups in total. The van der Waals surface area contributed by atoms with Crippen LogP contribution in [0.15, 0.2) is 79.1 Å². The van der Waals surface area contributed by atoms with Gasteiger partial charge in [-0.1, -0.05) is 48.5 Å². The topological polar surface area (TPSA) is 271 Å². The van der Waals surface area contributed by atoms with Gasteiger partial charge in [0.25, 0.3) is 12.2 Å². The Morgan fingerprint density at radius 1 is 0.776 bits per heavy atom. The number of aliphatic hydroxyl groups is 2. The lowest BCUT2D eigenvalue weighted by molar-refractivity contribution is -0.388. The van der Waals surface area contributed by atoms with Crippen molar-refractivity contribution >= 4 is 45.9 Å². The molecule has 16 heteroatoms. The van der Waals surface area contributed by atoms with Gasteiger partial charge < -0.3 is 37.5 Å². The second-order valence-electron chi connectivity index (χ2n) is 9.31. The van der Waals surface area contributed by atoms with E-state index in [1.54, 1.807) is 38.4 Å². The summed E-state index contributed by atoms with van der Waals surface area (Å²) < 4.78 is 12.7. The number of nitrogens with zero attached hydrogens (tertiary/aromatic N) is 3. The fraction of sp³-hybridized carbons (Fsp3) is 0.212. The number of benzene rings is 4. The van der Waals surface area contributed by atoms with Gasteiger partial charge in [-0.15, -0.1) is 0 Å². The molecule has 0 spiro atoms. The molecule has 0 fully saturated rings. The monoisotopic (exact) mass is 685 g/mol. The van der Waals surface area contributed by atoms with Gasteiger partial charge in [0, 0.05) is 24.8 Å². The van der Waals surface area contributed by atoms with Crippen LogP contribution in [0.2, 0.25) is 0 Å². The van der Waals surface area contributed by atoms with Crippen LogP contribution >= 0.6 is 0 Å². The number of nitrogens with one attached hydrogen (secondary N) is 1. The molecule has 0 unspecified atom stereocenters. The molecule has 49 heavy (non-hydrogen) atoms. The van der Waals surface area contributed by atoms with Crippen molar-refractivity contribution in [2.45, 2.75) is 34.6 Å². The molecule has 0 amide bonds. The molecule has 0 aliphatic carbocycles. The number of para-hydroxylation sites is 4. The van der Waals surface area contributed by atoms with E-state index in [4.69, 9.17) is 37.3 Å². The number of nitro benzene ring substituents is 2. The number of aromatic amines is 1. The zero-order valence-corrected chi connectivity index (χ0v) is 28.1. The summed E-state index contributed by atoms with van der Waals surface area (Å²) >= 11 is 0. The minimum Gasteiger partial charge on any atom is -0.483 e. The maximum absolute atomic E-state index is 12.7. The first-order chi connectivity index (χ1) is 23.2. The number of imidazole rings is 1. The van der Waals surface area contributed by atoms with Gasteiger partial charge in [0.15, 0.2) is 0 Å². The number of carbonyl (C=O) groups is 1. The summed E-state index contributed by atoms with van der Waals surface area (Å²) in [6, 6.07) is 20.6. The molecule has 0 radical (unpaired) electrons. The number of H-pyrrole nitrogens is 1. The molecule has 1 aromatic heterocycles. The van der Waals surface area contributed by atoms with Crippen molar-refractivity contribution < 1.29 is 34.4 Å². The van der Waals surface area contributed by atoms with E-state index < -0.39 is 21.4 Å². The van der Waals surface area contributed by atoms with Crippen LogP contribution in [0.3, 0.4) is 0 Å². The van der Waals surface area contributed by atoms with Crippen molar-refractivity contribution in [1.29, 1.82) is 0 Å². The number of anilines is 3. The zero-order valence-electron chi connectivity index (χ0n) is 28.1. The van der Waals surface area contributed by atoms with E-state index in [-0.39, 0.29) is 24.5 Å². The number of fused-ring (bicyclic) bond motifs is 1. The van der Waals surface area contributed by atoms with Crippen LogP contribution < -0.4 is 17.2 Å². The van der Waals surface area contributed by atoms with E-state index >= 15 is 0 Å². The Balaban J connectivity index is 0. The third-order valence-corrected chi connectivity index (χ3v) is 5.83. The second-order valence-corrected chi connectivity index (χ2v) is 9.31. The third kappa shape index (κ3) is 16.3. The Kier molecular flexibility index (Phi) is 23.0. The van der Waals surface area contributed by atoms with Gasteiger partial charge in [0.2, 0.25) is 5.82 Å². The van der Waals surface area contributed by atoms with Crippen LogP contribution in [0.4, 0.5) is 32.8 Å². The zero-order chi connectivity index (χ0) is 38.1. The summed E-state index contributed by atoms with van der Waals surface area (Å²) in [5.41, 5.74) is 23.0. The van der Waals surface area contributed by atoms with Gasteiger partial charge in [-0.05, 0) is 70.0 Å². The molecule has 0 saturated heterocycles. The van der Waals surface area contributed by atoms with E-state index in [1.807, 2.05) is 31.2 Å². The quantitative estimate of drug-likeness (QED) is 0.0498. The summed E-state index contributed by atoms with van der Waals surface area (Å²) in [7, 11) is 1.00. The lowest BCUT2D eigenvalue weighted by Gasteiger charge is -2.00. The molecule has 5 aromatic rings. The van der Waals surface area contributed by atoms with Crippen LogP contribution in [0.25, 0.3) is 11.0 Å². The number of aromatic nitrogens is 2. The van der Waals surface area contributed by atoms with Crippen LogP contribution in [0, 0.1) is 53.7 Å². The highest BCUT2D eigenvalue weighted by Gasteiger charge is 2.15. The lowest BCUT2D eigenvalue weighted by Crippen LogP contribution is -1.97. The summed E-state index contributed by atoms with van der Waals surface area (Å²) in [5, 5.41) is 42.0. The maximum Gasteiger partial charge on any atom is 0.307 e. The first kappa shape index (κ1) is 45.0. The molecule has 0 saturated carbocycles. The number of rotatable bonds is 2. The lowest BCUT2D eigenvalue weighted by atomic mass is 10.2. The van der Waals surface area contributed by atoms with Crippen LogP contribution in [0.5, 0.6) is 0 Å². The molecule has 5 rings (SSSR count). The minimum absolute atomic E-state index is 0.00694. The predicted octanol–water partition coefficient (Wildman–Crippen LogP) is 5.87. The van der Waals surface area contributed by atoms with E-state index in [2.05, 4.69) is 23.0 Å². The minimum atomic E-state index is -0.782. The van der Waals surface area contributed by atoms with E-state index in [0.717, 1.165) is 29.8 Å². The highest BCUT2D eigenvalue weighted by Crippen LogP contribution is 2.24. The summed E-state index contributed by atoms with van der Waals surface area (Å²) in [6.07, 6.45) is 1.72. The molecule has 15 nitrogen and oxygen atoms in total. The fourth-order valence-corrected chi connectivity index (χ4v) is 3.60. The molecule has 266 valence electrons. The summed E-state index contributed by atoms with van der Waals surface area (Å²) in [4.78, 5) is 35.0. The number of aryl methyl sites for hydroxylation is 4. The van der Waals surface area contributed by atoms with Crippen molar-refractivity contribution in [3.05, 3.63) is 127 Å². The van der Waals surface area contributed by atoms with E-state index in [0.29, 0.717) is 22.5 Å².